The summed E-state index contributed by atoms with van der Waals surface area (Å²) in [5.74, 6) is 0.405. The van der Waals surface area contributed by atoms with Gasteiger partial charge in [0, 0.05) is 30.0 Å². The highest BCUT2D eigenvalue weighted by Crippen LogP contribution is 2.49. The number of carbonyl (C=O) groups excluding carboxylic acids is 1. The fraction of sp³-hybridized carbons (Fsp3) is 0.533. The number of hydrogen-bond donors (Lipinski definition) is 1. The van der Waals surface area contributed by atoms with Gasteiger partial charge in [-0.1, -0.05) is 24.6 Å². The van der Waals surface area contributed by atoms with Crippen LogP contribution in [0.1, 0.15) is 42.9 Å². The van der Waals surface area contributed by atoms with Crippen molar-refractivity contribution in [2.75, 3.05) is 5.32 Å². The van der Waals surface area contributed by atoms with Crippen LogP contribution in [0.2, 0.25) is 0 Å². The van der Waals surface area contributed by atoms with Crippen LogP contribution >= 0.6 is 0 Å². The number of nitrogens with one attached hydrogen (secondary N) is 1. The third-order valence-electron chi connectivity index (χ3n) is 4.54. The number of ketones is 1. The minimum Gasteiger partial charge on any atom is -0.381 e. The highest BCUT2D eigenvalue weighted by Gasteiger charge is 2.46. The summed E-state index contributed by atoms with van der Waals surface area (Å²) in [5, 5.41) is 3.58. The number of hydrogen-bond acceptors (Lipinski definition) is 2. The molecule has 1 aromatic carbocycles. The number of rotatable bonds is 0. The van der Waals surface area contributed by atoms with Crippen molar-refractivity contribution in [2.45, 2.75) is 51.5 Å². The van der Waals surface area contributed by atoms with Crippen LogP contribution in [0.3, 0.4) is 0 Å². The van der Waals surface area contributed by atoms with E-state index in [4.69, 9.17) is 0 Å². The minimum atomic E-state index is 0.153. The van der Waals surface area contributed by atoms with Gasteiger partial charge in [0.25, 0.3) is 0 Å². The summed E-state index contributed by atoms with van der Waals surface area (Å²) >= 11 is 0. The van der Waals surface area contributed by atoms with Crippen molar-refractivity contribution in [3.63, 3.8) is 0 Å². The zero-order chi connectivity index (χ0) is 12.2. The lowest BCUT2D eigenvalue weighted by atomic mass is 9.69. The van der Waals surface area contributed by atoms with Gasteiger partial charge in [-0.2, -0.15) is 0 Å². The first-order chi connectivity index (χ1) is 8.00. The van der Waals surface area contributed by atoms with Crippen LogP contribution in [-0.2, 0) is 10.2 Å². The minimum absolute atomic E-state index is 0.153. The Morgan fingerprint density at radius 1 is 1.35 bits per heavy atom. The van der Waals surface area contributed by atoms with E-state index in [1.807, 2.05) is 0 Å². The molecule has 0 saturated heterocycles. The molecule has 2 nitrogen and oxygen atoms in total. The van der Waals surface area contributed by atoms with Crippen molar-refractivity contribution in [1.82, 2.24) is 0 Å². The average molecular weight is 229 g/mol. The lowest BCUT2D eigenvalue weighted by molar-refractivity contribution is -0.121. The number of carbonyl (C=O) groups is 1. The van der Waals surface area contributed by atoms with Crippen LogP contribution in [-0.4, -0.2) is 11.8 Å². The topological polar surface area (TPSA) is 29.1 Å². The first-order valence-corrected chi connectivity index (χ1v) is 6.41. The quantitative estimate of drug-likeness (QED) is 0.740. The average Bonchev–Trinajstić information content (AvgIpc) is 2.53. The molecule has 0 aromatic heterocycles. The number of benzene rings is 1. The Balaban J connectivity index is 2.14. The Kier molecular flexibility index (Phi) is 2.13. The second-order valence-electron chi connectivity index (χ2n) is 5.86. The van der Waals surface area contributed by atoms with E-state index in [9.17, 15) is 4.79 Å². The van der Waals surface area contributed by atoms with Crippen LogP contribution in [0.15, 0.2) is 12.1 Å². The molecule has 0 spiro atoms. The van der Waals surface area contributed by atoms with Gasteiger partial charge < -0.3 is 5.32 Å². The molecular weight excluding hydrogens is 210 g/mol. The molecule has 1 aromatic rings. The molecule has 0 radical (unpaired) electrons. The van der Waals surface area contributed by atoms with Crippen molar-refractivity contribution in [2.24, 2.45) is 0 Å². The van der Waals surface area contributed by atoms with Gasteiger partial charge in [0.2, 0.25) is 0 Å². The summed E-state index contributed by atoms with van der Waals surface area (Å²) < 4.78 is 0. The number of fused-ring (bicyclic) bond motifs is 3. The van der Waals surface area contributed by atoms with Crippen LogP contribution in [0.4, 0.5) is 5.69 Å². The molecule has 1 fully saturated rings. The molecule has 0 amide bonds. The van der Waals surface area contributed by atoms with E-state index < -0.39 is 0 Å². The molecule has 0 unspecified atom stereocenters. The van der Waals surface area contributed by atoms with Gasteiger partial charge in [0.1, 0.15) is 5.78 Å². The molecule has 90 valence electrons. The Morgan fingerprint density at radius 2 is 2.12 bits per heavy atom. The van der Waals surface area contributed by atoms with E-state index in [1.165, 1.54) is 22.4 Å². The van der Waals surface area contributed by atoms with Gasteiger partial charge in [-0.15, -0.1) is 0 Å². The normalized spacial score (nSPS) is 30.8. The molecule has 17 heavy (non-hydrogen) atoms. The molecule has 0 bridgehead atoms. The molecule has 2 heteroatoms. The van der Waals surface area contributed by atoms with Gasteiger partial charge in [-0.05, 0) is 31.4 Å². The summed E-state index contributed by atoms with van der Waals surface area (Å²) in [4.78, 5) is 11.6. The first-order valence-electron chi connectivity index (χ1n) is 6.41. The van der Waals surface area contributed by atoms with Gasteiger partial charge in [0.05, 0.1) is 0 Å². The second-order valence-corrected chi connectivity index (χ2v) is 5.86. The highest BCUT2D eigenvalue weighted by molar-refractivity contribution is 5.83. The largest absolute Gasteiger partial charge is 0.381 e. The molecule has 3 rings (SSSR count). The number of aryl methyl sites for hydroxylation is 2. The van der Waals surface area contributed by atoms with Gasteiger partial charge in [0.15, 0.2) is 0 Å². The lowest BCUT2D eigenvalue weighted by Crippen LogP contribution is -2.42. The zero-order valence-electron chi connectivity index (χ0n) is 10.8. The van der Waals surface area contributed by atoms with Crippen LogP contribution in [0.25, 0.3) is 0 Å². The predicted molar refractivity (Wildman–Crippen MR) is 69.5 cm³/mol. The number of anilines is 1. The number of Topliss-reactive ketones (excluding diaryl/α,β-unsaturated/α-hetero) is 1. The summed E-state index contributed by atoms with van der Waals surface area (Å²) in [6, 6.07) is 4.82. The van der Waals surface area contributed by atoms with Crippen molar-refractivity contribution in [1.29, 1.82) is 0 Å². The maximum Gasteiger partial charge on any atom is 0.135 e. The van der Waals surface area contributed by atoms with E-state index in [1.54, 1.807) is 0 Å². The van der Waals surface area contributed by atoms with Crippen molar-refractivity contribution in [3.8, 4) is 0 Å². The van der Waals surface area contributed by atoms with E-state index in [0.29, 0.717) is 18.2 Å². The Hall–Kier alpha value is -1.31. The monoisotopic (exact) mass is 229 g/mol. The van der Waals surface area contributed by atoms with E-state index >= 15 is 0 Å². The second kappa shape index (κ2) is 3.34. The Labute approximate surface area is 102 Å². The maximum atomic E-state index is 11.6. The van der Waals surface area contributed by atoms with Crippen LogP contribution < -0.4 is 5.32 Å². The molecule has 1 saturated carbocycles. The summed E-state index contributed by atoms with van der Waals surface area (Å²) in [7, 11) is 0. The first kappa shape index (κ1) is 10.8. The molecule has 1 heterocycles. The van der Waals surface area contributed by atoms with E-state index in [-0.39, 0.29) is 5.41 Å². The molecule has 1 aliphatic carbocycles. The van der Waals surface area contributed by atoms with Crippen molar-refractivity contribution in [3.05, 3.63) is 28.8 Å². The van der Waals surface area contributed by atoms with Crippen molar-refractivity contribution < 1.29 is 4.79 Å². The molecular formula is C15H19NO. The Bertz CT molecular complexity index is 506. The lowest BCUT2D eigenvalue weighted by Gasteiger charge is -2.35. The summed E-state index contributed by atoms with van der Waals surface area (Å²) in [6.45, 7) is 6.61. The highest BCUT2D eigenvalue weighted by atomic mass is 16.1. The third-order valence-corrected chi connectivity index (χ3v) is 4.54. The Morgan fingerprint density at radius 3 is 2.88 bits per heavy atom. The smallest absolute Gasteiger partial charge is 0.135 e. The third kappa shape index (κ3) is 1.43. The van der Waals surface area contributed by atoms with Crippen LogP contribution in [0.5, 0.6) is 0 Å². The SMILES string of the molecule is Cc1cc(C)c2c(c1)[C@@]1(C)CCC(=O)C[C@H]1N2. The van der Waals surface area contributed by atoms with Crippen LogP contribution in [0, 0.1) is 13.8 Å². The fourth-order valence-corrected chi connectivity index (χ4v) is 3.44. The zero-order valence-corrected chi connectivity index (χ0v) is 10.8. The molecule has 1 N–H and O–H groups in total. The summed E-state index contributed by atoms with van der Waals surface area (Å²) in [5.41, 5.74) is 5.48. The molecule has 2 atom stereocenters. The fourth-order valence-electron chi connectivity index (χ4n) is 3.44. The van der Waals surface area contributed by atoms with Gasteiger partial charge in [-0.3, -0.25) is 4.79 Å². The predicted octanol–water partition coefficient (Wildman–Crippen LogP) is 3.11. The van der Waals surface area contributed by atoms with Crippen molar-refractivity contribution >= 4 is 11.5 Å². The maximum absolute atomic E-state index is 11.6. The summed E-state index contributed by atoms with van der Waals surface area (Å²) in [6.07, 6.45) is 2.41. The van der Waals surface area contributed by atoms with Gasteiger partial charge in [-0.25, -0.2) is 0 Å². The standard InChI is InChI=1S/C15H19NO/c1-9-6-10(2)14-12(7-9)15(3)5-4-11(17)8-13(15)16-14/h6-7,13,16H,4-5,8H2,1-3H3/t13-,15-/m1/s1. The molecule has 2 aliphatic rings. The van der Waals surface area contributed by atoms with E-state index in [0.717, 1.165) is 12.8 Å². The van der Waals surface area contributed by atoms with E-state index in [2.05, 4.69) is 38.2 Å². The van der Waals surface area contributed by atoms with Gasteiger partial charge >= 0.3 is 0 Å². The molecule has 1 aliphatic heterocycles.